The van der Waals surface area contributed by atoms with E-state index in [0.29, 0.717) is 23.9 Å². The van der Waals surface area contributed by atoms with E-state index in [9.17, 15) is 0 Å². The molecule has 1 aliphatic heterocycles. The summed E-state index contributed by atoms with van der Waals surface area (Å²) in [5, 5.41) is 14.9. The van der Waals surface area contributed by atoms with Crippen molar-refractivity contribution in [2.75, 3.05) is 30.8 Å². The fourth-order valence-electron chi connectivity index (χ4n) is 3.61. The van der Waals surface area contributed by atoms with Crippen LogP contribution in [0.5, 0.6) is 5.75 Å². The Kier molecular flexibility index (Phi) is 5.53. The minimum Gasteiger partial charge on any atom is -0.497 e. The van der Waals surface area contributed by atoms with Gasteiger partial charge in [0.25, 0.3) is 0 Å². The fraction of sp³-hybridized carbons (Fsp3) is 0.476. The van der Waals surface area contributed by atoms with Crippen LogP contribution in [0, 0.1) is 0 Å². The van der Waals surface area contributed by atoms with Crippen LogP contribution < -0.4 is 20.7 Å². The standard InChI is InChI=1S/C21H29N7O/c1-13(2)18-12-23-28-19(18)26-20(25-16-8-9-22-11-16)27-21(28)24-14(3)15-6-5-7-17(10-15)29-4/h5-7,10,12-14,16,22H,8-9,11H2,1-4H3,(H2,24,25,26,27). The van der Waals surface area contributed by atoms with Gasteiger partial charge in [0.15, 0.2) is 5.65 Å². The lowest BCUT2D eigenvalue weighted by Gasteiger charge is -2.18. The van der Waals surface area contributed by atoms with Crippen molar-refractivity contribution in [2.24, 2.45) is 0 Å². The van der Waals surface area contributed by atoms with Gasteiger partial charge in [-0.25, -0.2) is 0 Å². The first-order valence-corrected chi connectivity index (χ1v) is 10.2. The highest BCUT2D eigenvalue weighted by Crippen LogP contribution is 2.26. The fourth-order valence-corrected chi connectivity index (χ4v) is 3.61. The molecule has 1 aromatic carbocycles. The predicted octanol–water partition coefficient (Wildman–Crippen LogP) is 3.20. The highest BCUT2D eigenvalue weighted by Gasteiger charge is 2.20. The van der Waals surface area contributed by atoms with Gasteiger partial charge in [-0.1, -0.05) is 26.0 Å². The molecule has 2 aromatic heterocycles. The van der Waals surface area contributed by atoms with Crippen LogP contribution in [0.4, 0.5) is 11.9 Å². The van der Waals surface area contributed by atoms with E-state index >= 15 is 0 Å². The molecule has 0 aliphatic carbocycles. The monoisotopic (exact) mass is 395 g/mol. The molecular weight excluding hydrogens is 366 g/mol. The van der Waals surface area contributed by atoms with Crippen LogP contribution in [-0.4, -0.2) is 45.8 Å². The normalized spacial score (nSPS) is 17.6. The second-order valence-electron chi connectivity index (χ2n) is 7.84. The van der Waals surface area contributed by atoms with Crippen molar-refractivity contribution < 1.29 is 4.74 Å². The predicted molar refractivity (Wildman–Crippen MR) is 115 cm³/mol. The van der Waals surface area contributed by atoms with E-state index in [-0.39, 0.29) is 6.04 Å². The highest BCUT2D eigenvalue weighted by atomic mass is 16.5. The van der Waals surface area contributed by atoms with Crippen LogP contribution in [0.3, 0.4) is 0 Å². The summed E-state index contributed by atoms with van der Waals surface area (Å²) in [6.07, 6.45) is 2.95. The van der Waals surface area contributed by atoms with Crippen LogP contribution in [0.1, 0.15) is 50.3 Å². The Hall–Kier alpha value is -2.87. The number of aromatic nitrogens is 4. The smallest absolute Gasteiger partial charge is 0.229 e. The van der Waals surface area contributed by atoms with Crippen LogP contribution in [0.15, 0.2) is 30.5 Å². The van der Waals surface area contributed by atoms with Crippen molar-refractivity contribution in [3.05, 3.63) is 41.6 Å². The minimum absolute atomic E-state index is 0.0240. The third-order valence-electron chi connectivity index (χ3n) is 5.35. The molecule has 4 rings (SSSR count). The van der Waals surface area contributed by atoms with E-state index in [4.69, 9.17) is 14.7 Å². The molecule has 1 fully saturated rings. The molecule has 0 amide bonds. The zero-order valence-corrected chi connectivity index (χ0v) is 17.4. The van der Waals surface area contributed by atoms with Crippen molar-refractivity contribution in [3.8, 4) is 5.75 Å². The molecule has 8 nitrogen and oxygen atoms in total. The first-order chi connectivity index (χ1) is 14.0. The average molecular weight is 396 g/mol. The molecule has 3 heterocycles. The van der Waals surface area contributed by atoms with Gasteiger partial charge in [-0.2, -0.15) is 19.6 Å². The van der Waals surface area contributed by atoms with Gasteiger partial charge in [-0.05, 0) is 43.5 Å². The molecule has 2 unspecified atom stereocenters. The number of benzene rings is 1. The molecule has 1 aliphatic rings. The van der Waals surface area contributed by atoms with Crippen molar-refractivity contribution in [3.63, 3.8) is 0 Å². The van der Waals surface area contributed by atoms with Gasteiger partial charge < -0.3 is 20.7 Å². The Morgan fingerprint density at radius 3 is 2.83 bits per heavy atom. The molecule has 0 bridgehead atoms. The molecule has 0 saturated carbocycles. The maximum absolute atomic E-state index is 5.36. The van der Waals surface area contributed by atoms with Gasteiger partial charge in [0, 0.05) is 18.2 Å². The van der Waals surface area contributed by atoms with Gasteiger partial charge in [-0.15, -0.1) is 0 Å². The first-order valence-electron chi connectivity index (χ1n) is 10.2. The molecule has 1 saturated heterocycles. The van der Waals surface area contributed by atoms with Crippen LogP contribution in [0.2, 0.25) is 0 Å². The Labute approximate surface area is 171 Å². The van der Waals surface area contributed by atoms with Gasteiger partial charge >= 0.3 is 0 Å². The number of hydrogen-bond acceptors (Lipinski definition) is 7. The van der Waals surface area contributed by atoms with E-state index in [2.05, 4.69) is 47.9 Å². The van der Waals surface area contributed by atoms with Crippen molar-refractivity contribution in [1.82, 2.24) is 24.9 Å². The quantitative estimate of drug-likeness (QED) is 0.566. The van der Waals surface area contributed by atoms with E-state index in [1.54, 1.807) is 11.6 Å². The van der Waals surface area contributed by atoms with Crippen LogP contribution in [-0.2, 0) is 0 Å². The molecule has 3 aromatic rings. The number of nitrogens with one attached hydrogen (secondary N) is 3. The SMILES string of the molecule is COc1cccc(C(C)Nc2nc(NC3CCNC3)nc3c(C(C)C)cnn23)c1. The second kappa shape index (κ2) is 8.24. The Morgan fingerprint density at radius 1 is 1.24 bits per heavy atom. The molecule has 154 valence electrons. The number of hydrogen-bond donors (Lipinski definition) is 3. The molecule has 0 radical (unpaired) electrons. The minimum atomic E-state index is 0.0240. The van der Waals surface area contributed by atoms with Gasteiger partial charge in [0.1, 0.15) is 5.75 Å². The van der Waals surface area contributed by atoms with E-state index in [1.807, 2.05) is 24.4 Å². The maximum atomic E-state index is 5.36. The molecule has 2 atom stereocenters. The number of anilines is 2. The summed E-state index contributed by atoms with van der Waals surface area (Å²) in [7, 11) is 1.68. The third kappa shape index (κ3) is 4.12. The number of methoxy groups -OCH3 is 1. The van der Waals surface area contributed by atoms with E-state index < -0.39 is 0 Å². The summed E-state index contributed by atoms with van der Waals surface area (Å²) in [4.78, 5) is 9.53. The number of ether oxygens (including phenoxy) is 1. The lowest BCUT2D eigenvalue weighted by molar-refractivity contribution is 0.414. The van der Waals surface area contributed by atoms with Crippen molar-refractivity contribution in [2.45, 2.75) is 45.2 Å². The molecular formula is C21H29N7O. The lowest BCUT2D eigenvalue weighted by atomic mass is 10.1. The number of nitrogens with zero attached hydrogens (tertiary/aromatic N) is 4. The van der Waals surface area contributed by atoms with Gasteiger partial charge in [0.2, 0.25) is 11.9 Å². The average Bonchev–Trinajstić information content (AvgIpc) is 3.38. The zero-order chi connectivity index (χ0) is 20.4. The zero-order valence-electron chi connectivity index (χ0n) is 17.4. The summed E-state index contributed by atoms with van der Waals surface area (Å²) >= 11 is 0. The number of fused-ring (bicyclic) bond motifs is 1. The van der Waals surface area contributed by atoms with Gasteiger partial charge in [-0.3, -0.25) is 0 Å². The van der Waals surface area contributed by atoms with Crippen LogP contribution >= 0.6 is 0 Å². The summed E-state index contributed by atoms with van der Waals surface area (Å²) in [5.74, 6) is 2.47. The van der Waals surface area contributed by atoms with Gasteiger partial charge in [0.05, 0.1) is 19.3 Å². The maximum Gasteiger partial charge on any atom is 0.229 e. The summed E-state index contributed by atoms with van der Waals surface area (Å²) in [5.41, 5.74) is 3.06. The largest absolute Gasteiger partial charge is 0.497 e. The molecule has 29 heavy (non-hydrogen) atoms. The Bertz CT molecular complexity index is 978. The van der Waals surface area contributed by atoms with Crippen molar-refractivity contribution in [1.29, 1.82) is 0 Å². The summed E-state index contributed by atoms with van der Waals surface area (Å²) < 4.78 is 7.16. The second-order valence-corrected chi connectivity index (χ2v) is 7.84. The first kappa shape index (κ1) is 19.4. The van der Waals surface area contributed by atoms with Crippen molar-refractivity contribution >= 4 is 17.5 Å². The van der Waals surface area contributed by atoms with Crippen LogP contribution in [0.25, 0.3) is 5.65 Å². The summed E-state index contributed by atoms with van der Waals surface area (Å²) in [6.45, 7) is 8.34. The lowest BCUT2D eigenvalue weighted by Crippen LogP contribution is -2.24. The Morgan fingerprint density at radius 2 is 2.10 bits per heavy atom. The topological polar surface area (TPSA) is 88.4 Å². The molecule has 0 spiro atoms. The highest BCUT2D eigenvalue weighted by molar-refractivity contribution is 5.56. The van der Waals surface area contributed by atoms with E-state index in [1.165, 1.54) is 0 Å². The summed E-state index contributed by atoms with van der Waals surface area (Å²) in [6, 6.07) is 8.40. The number of rotatable bonds is 7. The third-order valence-corrected chi connectivity index (χ3v) is 5.35. The molecule has 8 heteroatoms. The Balaban J connectivity index is 1.69. The van der Waals surface area contributed by atoms with E-state index in [0.717, 1.165) is 42.0 Å². The molecule has 3 N–H and O–H groups in total.